The Kier molecular flexibility index (Phi) is 6.41. The maximum absolute atomic E-state index is 12.3. The summed E-state index contributed by atoms with van der Waals surface area (Å²) < 4.78 is 0. The van der Waals surface area contributed by atoms with Crippen molar-refractivity contribution in [2.24, 2.45) is 11.3 Å². The summed E-state index contributed by atoms with van der Waals surface area (Å²) in [5.74, 6) is -0.772. The van der Waals surface area contributed by atoms with Crippen LogP contribution in [0.3, 0.4) is 0 Å². The Balaban J connectivity index is 2.09. The quantitative estimate of drug-likeness (QED) is 0.558. The van der Waals surface area contributed by atoms with E-state index in [0.29, 0.717) is 11.6 Å². The van der Waals surface area contributed by atoms with E-state index in [4.69, 9.17) is 5.11 Å². The number of rotatable bonds is 7. The third-order valence-corrected chi connectivity index (χ3v) is 5.17. The Bertz CT molecular complexity index is 724. The predicted molar refractivity (Wildman–Crippen MR) is 102 cm³/mol. The van der Waals surface area contributed by atoms with Crippen molar-refractivity contribution in [2.45, 2.75) is 40.0 Å². The molecule has 0 saturated carbocycles. The van der Waals surface area contributed by atoms with Crippen molar-refractivity contribution in [2.75, 3.05) is 24.5 Å². The van der Waals surface area contributed by atoms with Crippen LogP contribution in [0, 0.1) is 21.4 Å². The van der Waals surface area contributed by atoms with Gasteiger partial charge in [-0.05, 0) is 51.2 Å². The lowest BCUT2D eigenvalue weighted by Crippen LogP contribution is -2.33. The highest BCUT2D eigenvalue weighted by molar-refractivity contribution is 5.95. The molecule has 0 spiro atoms. The van der Waals surface area contributed by atoms with Gasteiger partial charge in [-0.1, -0.05) is 6.92 Å². The Labute approximate surface area is 158 Å². The maximum Gasteiger partial charge on any atom is 0.309 e. The van der Waals surface area contributed by atoms with E-state index < -0.39 is 22.2 Å². The molecule has 1 fully saturated rings. The highest BCUT2D eigenvalue weighted by atomic mass is 16.6. The van der Waals surface area contributed by atoms with Crippen LogP contribution in [0.4, 0.5) is 11.4 Å². The number of hydrogen-bond acceptors (Lipinski definition) is 5. The third-order valence-electron chi connectivity index (χ3n) is 5.17. The molecule has 0 bridgehead atoms. The fourth-order valence-corrected chi connectivity index (χ4v) is 3.03. The first-order valence-corrected chi connectivity index (χ1v) is 9.17. The Morgan fingerprint density at radius 1 is 1.33 bits per heavy atom. The number of anilines is 1. The standard InChI is InChI=1S/C19H27N3O5/c1-13-6-10-21(11-7-13)15-5-4-14(12-16(15)22(26)27)17(23)20-9-8-19(2,3)18(24)25/h4-5,12-13H,6-11H2,1-3H3,(H,20,23)(H,24,25). The van der Waals surface area contributed by atoms with Gasteiger partial charge in [-0.3, -0.25) is 19.7 Å². The van der Waals surface area contributed by atoms with Crippen LogP contribution in [0.2, 0.25) is 0 Å². The molecule has 0 atom stereocenters. The third kappa shape index (κ3) is 5.18. The Morgan fingerprint density at radius 2 is 1.96 bits per heavy atom. The lowest BCUT2D eigenvalue weighted by Gasteiger charge is -2.31. The fourth-order valence-electron chi connectivity index (χ4n) is 3.03. The van der Waals surface area contributed by atoms with Gasteiger partial charge in [0.1, 0.15) is 5.69 Å². The second-order valence-corrected chi connectivity index (χ2v) is 7.83. The first kappa shape index (κ1) is 20.7. The molecule has 0 aliphatic carbocycles. The number of carboxylic acids is 1. The van der Waals surface area contributed by atoms with Gasteiger partial charge in [0.05, 0.1) is 10.3 Å². The number of carbonyl (C=O) groups excluding carboxylic acids is 1. The number of nitro groups is 1. The van der Waals surface area contributed by atoms with Crippen LogP contribution < -0.4 is 10.2 Å². The van der Waals surface area contributed by atoms with E-state index in [1.54, 1.807) is 26.0 Å². The summed E-state index contributed by atoms with van der Waals surface area (Å²) in [5.41, 5.74) is -0.295. The van der Waals surface area contributed by atoms with Gasteiger partial charge in [0.25, 0.3) is 11.6 Å². The monoisotopic (exact) mass is 377 g/mol. The van der Waals surface area contributed by atoms with Crippen molar-refractivity contribution in [3.63, 3.8) is 0 Å². The van der Waals surface area contributed by atoms with Gasteiger partial charge in [-0.15, -0.1) is 0 Å². The number of nitro benzene ring substituents is 1. The van der Waals surface area contributed by atoms with E-state index in [1.165, 1.54) is 6.07 Å². The lowest BCUT2D eigenvalue weighted by molar-refractivity contribution is -0.384. The molecule has 8 heteroatoms. The van der Waals surface area contributed by atoms with Crippen LogP contribution in [0.25, 0.3) is 0 Å². The minimum atomic E-state index is -0.950. The van der Waals surface area contributed by atoms with E-state index in [0.717, 1.165) is 25.9 Å². The number of nitrogens with zero attached hydrogens (tertiary/aromatic N) is 2. The second-order valence-electron chi connectivity index (χ2n) is 7.83. The number of carbonyl (C=O) groups is 2. The van der Waals surface area contributed by atoms with E-state index in [1.807, 2.05) is 4.90 Å². The molecular weight excluding hydrogens is 350 g/mol. The predicted octanol–water partition coefficient (Wildman–Crippen LogP) is 3.06. The van der Waals surface area contributed by atoms with Gasteiger partial charge >= 0.3 is 5.97 Å². The van der Waals surface area contributed by atoms with Crippen molar-refractivity contribution >= 4 is 23.3 Å². The van der Waals surface area contributed by atoms with Crippen molar-refractivity contribution in [1.29, 1.82) is 0 Å². The smallest absolute Gasteiger partial charge is 0.309 e. The molecule has 1 heterocycles. The molecule has 1 amide bonds. The van der Waals surface area contributed by atoms with Crippen LogP contribution in [0.1, 0.15) is 50.4 Å². The minimum absolute atomic E-state index is 0.0805. The summed E-state index contributed by atoms with van der Waals surface area (Å²) >= 11 is 0. The van der Waals surface area contributed by atoms with Gasteiger partial charge in [-0.25, -0.2) is 0 Å². The van der Waals surface area contributed by atoms with Gasteiger partial charge in [0.15, 0.2) is 0 Å². The fraction of sp³-hybridized carbons (Fsp3) is 0.579. The van der Waals surface area contributed by atoms with Gasteiger partial charge in [-0.2, -0.15) is 0 Å². The highest BCUT2D eigenvalue weighted by Gasteiger charge is 2.27. The maximum atomic E-state index is 12.3. The molecule has 27 heavy (non-hydrogen) atoms. The Hall–Kier alpha value is -2.64. The van der Waals surface area contributed by atoms with E-state index in [-0.39, 0.29) is 24.2 Å². The Morgan fingerprint density at radius 3 is 2.52 bits per heavy atom. The van der Waals surface area contributed by atoms with E-state index >= 15 is 0 Å². The highest BCUT2D eigenvalue weighted by Crippen LogP contribution is 2.32. The normalized spacial score (nSPS) is 15.4. The van der Waals surface area contributed by atoms with Crippen LogP contribution in [-0.4, -0.2) is 41.5 Å². The minimum Gasteiger partial charge on any atom is -0.481 e. The lowest BCUT2D eigenvalue weighted by atomic mass is 9.90. The first-order valence-electron chi connectivity index (χ1n) is 9.17. The summed E-state index contributed by atoms with van der Waals surface area (Å²) in [5, 5.41) is 23.2. The van der Waals surface area contributed by atoms with Crippen molar-refractivity contribution in [1.82, 2.24) is 5.32 Å². The molecule has 1 aromatic rings. The topological polar surface area (TPSA) is 113 Å². The molecule has 2 N–H and O–H groups in total. The van der Waals surface area contributed by atoms with Crippen molar-refractivity contribution in [3.05, 3.63) is 33.9 Å². The van der Waals surface area contributed by atoms with Crippen LogP contribution in [-0.2, 0) is 4.79 Å². The molecule has 0 unspecified atom stereocenters. The van der Waals surface area contributed by atoms with Crippen molar-refractivity contribution in [3.8, 4) is 0 Å². The first-order chi connectivity index (χ1) is 12.6. The van der Waals surface area contributed by atoms with Gasteiger partial charge in [0, 0.05) is 31.3 Å². The largest absolute Gasteiger partial charge is 0.481 e. The molecule has 1 aromatic carbocycles. The van der Waals surface area contributed by atoms with E-state index in [2.05, 4.69) is 12.2 Å². The number of aliphatic carboxylic acids is 1. The SMILES string of the molecule is CC1CCN(c2ccc(C(=O)NCCC(C)(C)C(=O)O)cc2[N+](=O)[O-])CC1. The summed E-state index contributed by atoms with van der Waals surface area (Å²) in [6.07, 6.45) is 2.23. The molecule has 148 valence electrons. The summed E-state index contributed by atoms with van der Waals surface area (Å²) in [6.45, 7) is 7.04. The molecule has 1 aliphatic rings. The summed E-state index contributed by atoms with van der Waals surface area (Å²) in [6, 6.07) is 4.51. The average molecular weight is 377 g/mol. The molecule has 2 rings (SSSR count). The van der Waals surface area contributed by atoms with Crippen LogP contribution in [0.5, 0.6) is 0 Å². The second kappa shape index (κ2) is 8.37. The zero-order valence-electron chi connectivity index (χ0n) is 16.0. The van der Waals surface area contributed by atoms with Crippen molar-refractivity contribution < 1.29 is 19.6 Å². The van der Waals surface area contributed by atoms with Crippen LogP contribution >= 0.6 is 0 Å². The molecular formula is C19H27N3O5. The van der Waals surface area contributed by atoms with Gasteiger partial charge in [0.2, 0.25) is 0 Å². The number of nitrogens with one attached hydrogen (secondary N) is 1. The number of benzene rings is 1. The average Bonchev–Trinajstić information content (AvgIpc) is 2.61. The molecule has 8 nitrogen and oxygen atoms in total. The van der Waals surface area contributed by atoms with Crippen LogP contribution in [0.15, 0.2) is 18.2 Å². The number of carboxylic acid groups (broad SMARTS) is 1. The molecule has 0 radical (unpaired) electrons. The summed E-state index contributed by atoms with van der Waals surface area (Å²) in [7, 11) is 0. The summed E-state index contributed by atoms with van der Waals surface area (Å²) in [4.78, 5) is 36.5. The number of amides is 1. The number of hydrogen-bond donors (Lipinski definition) is 2. The zero-order chi connectivity index (χ0) is 20.2. The molecule has 1 saturated heterocycles. The van der Waals surface area contributed by atoms with Gasteiger partial charge < -0.3 is 15.3 Å². The van der Waals surface area contributed by atoms with E-state index in [9.17, 15) is 19.7 Å². The zero-order valence-corrected chi connectivity index (χ0v) is 16.0. The number of piperidine rings is 1. The molecule has 0 aromatic heterocycles. The molecule has 1 aliphatic heterocycles.